The molecule has 1 aliphatic carbocycles. The molecule has 146 valence electrons. The van der Waals surface area contributed by atoms with Crippen molar-refractivity contribution in [1.29, 1.82) is 0 Å². The normalized spacial score (nSPS) is 16.6. The monoisotopic (exact) mass is 378 g/mol. The number of amides is 1. The summed E-state index contributed by atoms with van der Waals surface area (Å²) in [7, 11) is 0. The number of carbonyl (C=O) groups is 1. The highest BCUT2D eigenvalue weighted by atomic mass is 16.3. The minimum atomic E-state index is -0.0615. The van der Waals surface area contributed by atoms with Gasteiger partial charge in [-0.05, 0) is 52.2 Å². The van der Waals surface area contributed by atoms with Gasteiger partial charge in [0.1, 0.15) is 6.26 Å². The SMILES string of the molecule is CC(C)(C)n1ncc2c1CCC[C@H]2NC(=O)Cc1coc(-c2ccccc2)n1. The molecule has 1 N–H and O–H groups in total. The van der Waals surface area contributed by atoms with Gasteiger partial charge in [-0.2, -0.15) is 5.10 Å². The van der Waals surface area contributed by atoms with Crippen LogP contribution in [0, 0.1) is 0 Å². The van der Waals surface area contributed by atoms with Crippen molar-refractivity contribution in [2.45, 2.75) is 58.0 Å². The smallest absolute Gasteiger partial charge is 0.226 e. The molecule has 2 heterocycles. The standard InChI is InChI=1S/C22H26N4O2/c1-22(2,3)26-19-11-7-10-18(17(19)13-23-26)25-20(27)12-16-14-28-21(24-16)15-8-5-4-6-9-15/h4-6,8-9,13-14,18H,7,10-12H2,1-3H3,(H,25,27)/t18-/m1/s1. The molecule has 0 saturated carbocycles. The number of carbonyl (C=O) groups excluding carboxylic acids is 1. The molecule has 0 spiro atoms. The van der Waals surface area contributed by atoms with Crippen LogP contribution < -0.4 is 5.32 Å². The van der Waals surface area contributed by atoms with Crippen LogP contribution in [0.25, 0.3) is 11.5 Å². The predicted molar refractivity (Wildman–Crippen MR) is 107 cm³/mol. The molecule has 0 fully saturated rings. The van der Waals surface area contributed by atoms with Crippen molar-refractivity contribution in [2.75, 3.05) is 0 Å². The third-order valence-corrected chi connectivity index (χ3v) is 5.07. The third-order valence-electron chi connectivity index (χ3n) is 5.07. The molecule has 6 heteroatoms. The lowest BCUT2D eigenvalue weighted by molar-refractivity contribution is -0.121. The molecular weight excluding hydrogens is 352 g/mol. The van der Waals surface area contributed by atoms with Gasteiger partial charge in [0.05, 0.1) is 29.9 Å². The molecule has 28 heavy (non-hydrogen) atoms. The van der Waals surface area contributed by atoms with Crippen LogP contribution in [0.3, 0.4) is 0 Å². The highest BCUT2D eigenvalue weighted by Gasteiger charge is 2.29. The lowest BCUT2D eigenvalue weighted by Gasteiger charge is -2.28. The van der Waals surface area contributed by atoms with E-state index in [4.69, 9.17) is 4.42 Å². The Kier molecular flexibility index (Phi) is 4.79. The highest BCUT2D eigenvalue weighted by molar-refractivity contribution is 5.78. The van der Waals surface area contributed by atoms with Crippen molar-refractivity contribution in [1.82, 2.24) is 20.1 Å². The zero-order chi connectivity index (χ0) is 19.7. The first-order valence-corrected chi connectivity index (χ1v) is 9.78. The molecule has 2 aromatic heterocycles. The lowest BCUT2D eigenvalue weighted by atomic mass is 9.92. The first-order chi connectivity index (χ1) is 13.4. The zero-order valence-corrected chi connectivity index (χ0v) is 16.6. The summed E-state index contributed by atoms with van der Waals surface area (Å²) in [5.74, 6) is 0.490. The fourth-order valence-corrected chi connectivity index (χ4v) is 3.80. The van der Waals surface area contributed by atoms with Crippen molar-refractivity contribution in [3.8, 4) is 11.5 Å². The van der Waals surface area contributed by atoms with E-state index in [0.29, 0.717) is 11.6 Å². The molecule has 4 rings (SSSR count). The van der Waals surface area contributed by atoms with Crippen LogP contribution >= 0.6 is 0 Å². The Bertz CT molecular complexity index is 966. The van der Waals surface area contributed by atoms with Gasteiger partial charge in [-0.25, -0.2) is 4.98 Å². The Morgan fingerprint density at radius 2 is 2.07 bits per heavy atom. The van der Waals surface area contributed by atoms with Gasteiger partial charge in [-0.3, -0.25) is 9.48 Å². The molecule has 0 bridgehead atoms. The zero-order valence-electron chi connectivity index (χ0n) is 16.6. The molecule has 0 aliphatic heterocycles. The van der Waals surface area contributed by atoms with E-state index in [1.807, 2.05) is 36.5 Å². The van der Waals surface area contributed by atoms with Gasteiger partial charge in [0, 0.05) is 16.8 Å². The summed E-state index contributed by atoms with van der Waals surface area (Å²) < 4.78 is 7.62. The van der Waals surface area contributed by atoms with Crippen LogP contribution in [0.1, 0.15) is 56.6 Å². The number of oxazole rings is 1. The molecule has 0 saturated heterocycles. The maximum Gasteiger partial charge on any atom is 0.226 e. The Morgan fingerprint density at radius 3 is 2.82 bits per heavy atom. The Morgan fingerprint density at radius 1 is 1.29 bits per heavy atom. The van der Waals surface area contributed by atoms with Gasteiger partial charge in [0.15, 0.2) is 0 Å². The average Bonchev–Trinajstić information content (AvgIpc) is 3.29. The fourth-order valence-electron chi connectivity index (χ4n) is 3.80. The molecule has 6 nitrogen and oxygen atoms in total. The number of aromatic nitrogens is 3. The second-order valence-electron chi connectivity index (χ2n) is 8.33. The van der Waals surface area contributed by atoms with E-state index in [1.54, 1.807) is 6.26 Å². The van der Waals surface area contributed by atoms with Gasteiger partial charge < -0.3 is 9.73 Å². The number of rotatable bonds is 4. The number of hydrogen-bond acceptors (Lipinski definition) is 4. The van der Waals surface area contributed by atoms with E-state index in [9.17, 15) is 4.79 Å². The van der Waals surface area contributed by atoms with Gasteiger partial charge in [0.25, 0.3) is 0 Å². The molecule has 1 atom stereocenters. The number of benzene rings is 1. The third kappa shape index (κ3) is 3.72. The molecule has 1 amide bonds. The van der Waals surface area contributed by atoms with Gasteiger partial charge >= 0.3 is 0 Å². The van der Waals surface area contributed by atoms with Crippen LogP contribution in [0.2, 0.25) is 0 Å². The van der Waals surface area contributed by atoms with Crippen LogP contribution in [0.4, 0.5) is 0 Å². The van der Waals surface area contributed by atoms with Crippen LogP contribution in [-0.4, -0.2) is 20.7 Å². The van der Waals surface area contributed by atoms with E-state index < -0.39 is 0 Å². The van der Waals surface area contributed by atoms with Crippen molar-refractivity contribution >= 4 is 5.91 Å². The number of fused-ring (bicyclic) bond motifs is 1. The summed E-state index contributed by atoms with van der Waals surface area (Å²) in [6.07, 6.45) is 6.66. The fraction of sp³-hybridized carbons (Fsp3) is 0.409. The van der Waals surface area contributed by atoms with E-state index in [1.165, 1.54) is 5.69 Å². The van der Waals surface area contributed by atoms with E-state index in [2.05, 4.69) is 40.9 Å². The first kappa shape index (κ1) is 18.5. The number of hydrogen-bond donors (Lipinski definition) is 1. The van der Waals surface area contributed by atoms with Crippen LogP contribution in [0.5, 0.6) is 0 Å². The van der Waals surface area contributed by atoms with Crippen molar-refractivity contribution in [3.05, 3.63) is 59.7 Å². The molecule has 3 aromatic rings. The highest BCUT2D eigenvalue weighted by Crippen LogP contribution is 2.32. The number of nitrogens with zero attached hydrogens (tertiary/aromatic N) is 3. The van der Waals surface area contributed by atoms with Gasteiger partial charge in [0.2, 0.25) is 11.8 Å². The Balaban J connectivity index is 1.44. The van der Waals surface area contributed by atoms with Gasteiger partial charge in [-0.1, -0.05) is 18.2 Å². The summed E-state index contributed by atoms with van der Waals surface area (Å²) in [5.41, 5.74) is 3.85. The average molecular weight is 378 g/mol. The van der Waals surface area contributed by atoms with Crippen molar-refractivity contribution < 1.29 is 9.21 Å². The first-order valence-electron chi connectivity index (χ1n) is 9.78. The maximum atomic E-state index is 12.6. The molecule has 0 radical (unpaired) electrons. The summed E-state index contributed by atoms with van der Waals surface area (Å²) in [6, 6.07) is 9.70. The summed E-state index contributed by atoms with van der Waals surface area (Å²) in [4.78, 5) is 17.1. The van der Waals surface area contributed by atoms with E-state index >= 15 is 0 Å². The minimum absolute atomic E-state index is 0.00726. The molecule has 0 unspecified atom stereocenters. The topological polar surface area (TPSA) is 73.0 Å². The van der Waals surface area contributed by atoms with Crippen molar-refractivity contribution in [3.63, 3.8) is 0 Å². The largest absolute Gasteiger partial charge is 0.444 e. The maximum absolute atomic E-state index is 12.6. The van der Waals surface area contributed by atoms with Gasteiger partial charge in [-0.15, -0.1) is 0 Å². The summed E-state index contributed by atoms with van der Waals surface area (Å²) in [5, 5.41) is 7.75. The second-order valence-corrected chi connectivity index (χ2v) is 8.33. The minimum Gasteiger partial charge on any atom is -0.444 e. The second kappa shape index (κ2) is 7.26. The summed E-state index contributed by atoms with van der Waals surface area (Å²) in [6.45, 7) is 6.45. The molecular formula is C22H26N4O2. The lowest BCUT2D eigenvalue weighted by Crippen LogP contribution is -2.33. The number of nitrogens with one attached hydrogen (secondary N) is 1. The van der Waals surface area contributed by atoms with Crippen LogP contribution in [0.15, 0.2) is 47.2 Å². The van der Waals surface area contributed by atoms with Crippen LogP contribution in [-0.2, 0) is 23.2 Å². The molecule has 1 aromatic carbocycles. The van der Waals surface area contributed by atoms with Crippen molar-refractivity contribution in [2.24, 2.45) is 0 Å². The Labute approximate surface area is 165 Å². The quantitative estimate of drug-likeness (QED) is 0.744. The molecule has 1 aliphatic rings. The summed E-state index contributed by atoms with van der Waals surface area (Å²) >= 11 is 0. The predicted octanol–water partition coefficient (Wildman–Crippen LogP) is 4.03. The van der Waals surface area contributed by atoms with E-state index in [-0.39, 0.29) is 23.9 Å². The Hall–Kier alpha value is -2.89. The van der Waals surface area contributed by atoms with E-state index in [0.717, 1.165) is 30.4 Å².